The molecule has 1 atom stereocenters. The van der Waals surface area contributed by atoms with Gasteiger partial charge < -0.3 is 20.9 Å². The molecule has 164 valence electrons. The van der Waals surface area contributed by atoms with Crippen LogP contribution in [0.4, 0.5) is 11.5 Å². The number of likely N-dealkylation sites (N-methyl/N-ethyl adjacent to an activating group) is 1. The van der Waals surface area contributed by atoms with E-state index in [2.05, 4.69) is 82.3 Å². The van der Waals surface area contributed by atoms with Gasteiger partial charge >= 0.3 is 0 Å². The van der Waals surface area contributed by atoms with Crippen LogP contribution in [0, 0.1) is 0 Å². The lowest BCUT2D eigenvalue weighted by atomic mass is 9.99. The largest absolute Gasteiger partial charge is 0.370 e. The van der Waals surface area contributed by atoms with Gasteiger partial charge in [-0.2, -0.15) is 0 Å². The van der Waals surface area contributed by atoms with Gasteiger partial charge in [-0.25, -0.2) is 9.98 Å². The summed E-state index contributed by atoms with van der Waals surface area (Å²) in [6.07, 6.45) is 3.04. The molecule has 1 unspecified atom stereocenters. The van der Waals surface area contributed by atoms with Gasteiger partial charge in [0, 0.05) is 38.1 Å². The van der Waals surface area contributed by atoms with Gasteiger partial charge in [-0.15, -0.1) is 24.0 Å². The Morgan fingerprint density at radius 1 is 1.10 bits per heavy atom. The van der Waals surface area contributed by atoms with E-state index in [1.54, 1.807) is 0 Å². The van der Waals surface area contributed by atoms with Crippen molar-refractivity contribution in [3.05, 3.63) is 53.7 Å². The van der Waals surface area contributed by atoms with E-state index in [4.69, 9.17) is 5.73 Å². The fraction of sp³-hybridized carbons (Fsp3) is 0.478. The number of hydrogen-bond acceptors (Lipinski definition) is 4. The van der Waals surface area contributed by atoms with Crippen molar-refractivity contribution in [3.63, 3.8) is 0 Å². The zero-order valence-electron chi connectivity index (χ0n) is 18.3. The lowest BCUT2D eigenvalue weighted by Gasteiger charge is -2.34. The lowest BCUT2D eigenvalue weighted by Crippen LogP contribution is -2.46. The zero-order chi connectivity index (χ0) is 20.6. The Balaban J connectivity index is 0.00000320. The van der Waals surface area contributed by atoms with Gasteiger partial charge in [0.05, 0.1) is 6.54 Å². The first kappa shape index (κ1) is 24.4. The maximum Gasteiger partial charge on any atom is 0.193 e. The number of nitrogens with zero attached hydrogens (tertiary/aromatic N) is 4. The number of pyridine rings is 1. The monoisotopic (exact) mass is 522 g/mol. The Morgan fingerprint density at radius 3 is 2.37 bits per heavy atom. The number of benzene rings is 1. The summed E-state index contributed by atoms with van der Waals surface area (Å²) in [7, 11) is 0. The van der Waals surface area contributed by atoms with Gasteiger partial charge in [0.1, 0.15) is 5.82 Å². The summed E-state index contributed by atoms with van der Waals surface area (Å²) in [5, 5.41) is 3.16. The van der Waals surface area contributed by atoms with E-state index in [0.29, 0.717) is 18.4 Å². The molecule has 0 radical (unpaired) electrons. The topological polar surface area (TPSA) is 69.8 Å². The van der Waals surface area contributed by atoms with Crippen molar-refractivity contribution in [1.82, 2.24) is 9.88 Å². The van der Waals surface area contributed by atoms with Crippen molar-refractivity contribution < 1.29 is 0 Å². The predicted octanol–water partition coefficient (Wildman–Crippen LogP) is 4.28. The Hall–Kier alpha value is -1.87. The Labute approximate surface area is 198 Å². The van der Waals surface area contributed by atoms with E-state index in [0.717, 1.165) is 56.2 Å². The van der Waals surface area contributed by atoms with E-state index in [9.17, 15) is 0 Å². The standard InChI is InChI=1S/C23H34N6.HI/c1-4-18(3)20-7-9-21(10-8-20)27-23(24)26-17-19-6-11-22(25-16-19)29-14-12-28(5-2)13-15-29;/h6-11,16,18H,4-5,12-15,17H2,1-3H3,(H3,24,26,27);1H. The number of hydrogen-bond donors (Lipinski definition) is 2. The first-order valence-electron chi connectivity index (χ1n) is 10.7. The highest BCUT2D eigenvalue weighted by Gasteiger charge is 2.16. The van der Waals surface area contributed by atoms with Crippen molar-refractivity contribution in [1.29, 1.82) is 0 Å². The number of anilines is 2. The molecule has 30 heavy (non-hydrogen) atoms. The summed E-state index contributed by atoms with van der Waals surface area (Å²) < 4.78 is 0. The van der Waals surface area contributed by atoms with Crippen LogP contribution >= 0.6 is 24.0 Å². The molecule has 3 N–H and O–H groups in total. The molecule has 7 heteroatoms. The number of nitrogens with two attached hydrogens (primary N) is 1. The Bertz CT molecular complexity index is 782. The SMILES string of the molecule is CCC(C)c1ccc(NC(N)=NCc2ccc(N3CCN(CC)CC3)nc2)cc1.I. The van der Waals surface area contributed by atoms with Crippen LogP contribution in [-0.2, 0) is 6.54 Å². The first-order valence-corrected chi connectivity index (χ1v) is 10.7. The average molecular weight is 522 g/mol. The van der Waals surface area contributed by atoms with Crippen LogP contribution in [-0.4, -0.2) is 48.6 Å². The zero-order valence-corrected chi connectivity index (χ0v) is 20.7. The van der Waals surface area contributed by atoms with E-state index in [1.165, 1.54) is 5.56 Å². The second kappa shape index (κ2) is 12.1. The number of guanidine groups is 1. The molecule has 6 nitrogen and oxygen atoms in total. The number of nitrogens with one attached hydrogen (secondary N) is 1. The van der Waals surface area contributed by atoms with Crippen LogP contribution in [0.15, 0.2) is 47.6 Å². The molecule has 0 spiro atoms. The Morgan fingerprint density at radius 2 is 1.80 bits per heavy atom. The molecule has 1 saturated heterocycles. The highest BCUT2D eigenvalue weighted by atomic mass is 127. The summed E-state index contributed by atoms with van der Waals surface area (Å²) in [5.41, 5.74) is 9.41. The third-order valence-electron chi connectivity index (χ3n) is 5.75. The average Bonchev–Trinajstić information content (AvgIpc) is 2.78. The molecule has 2 aromatic rings. The van der Waals surface area contributed by atoms with Gasteiger partial charge in [0.25, 0.3) is 0 Å². The molecule has 3 rings (SSSR count). The summed E-state index contributed by atoms with van der Waals surface area (Å²) in [5.74, 6) is 2.03. The number of aromatic nitrogens is 1. The van der Waals surface area contributed by atoms with Crippen molar-refractivity contribution in [2.24, 2.45) is 10.7 Å². The van der Waals surface area contributed by atoms with Gasteiger partial charge in [-0.1, -0.05) is 39.0 Å². The third-order valence-corrected chi connectivity index (χ3v) is 5.75. The molecular formula is C23H35IN6. The van der Waals surface area contributed by atoms with Crippen LogP contribution in [0.2, 0.25) is 0 Å². The molecule has 1 fully saturated rings. The van der Waals surface area contributed by atoms with Crippen LogP contribution in [0.1, 0.15) is 44.2 Å². The predicted molar refractivity (Wildman–Crippen MR) is 138 cm³/mol. The highest BCUT2D eigenvalue weighted by Crippen LogP contribution is 2.20. The van der Waals surface area contributed by atoms with Gasteiger partial charge in [0.2, 0.25) is 0 Å². The van der Waals surface area contributed by atoms with Crippen LogP contribution in [0.25, 0.3) is 0 Å². The quantitative estimate of drug-likeness (QED) is 0.323. The normalized spacial score (nSPS) is 16.1. The number of aliphatic imine (C=N–C) groups is 1. The third kappa shape index (κ3) is 6.84. The fourth-order valence-corrected chi connectivity index (χ4v) is 3.49. The summed E-state index contributed by atoms with van der Waals surface area (Å²) in [6.45, 7) is 12.6. The second-order valence-corrected chi connectivity index (χ2v) is 7.70. The van der Waals surface area contributed by atoms with Crippen LogP contribution in [0.5, 0.6) is 0 Å². The fourth-order valence-electron chi connectivity index (χ4n) is 3.49. The first-order chi connectivity index (χ1) is 14.1. The second-order valence-electron chi connectivity index (χ2n) is 7.70. The smallest absolute Gasteiger partial charge is 0.193 e. The maximum atomic E-state index is 6.06. The molecule has 0 saturated carbocycles. The van der Waals surface area contributed by atoms with Crippen molar-refractivity contribution in [2.75, 3.05) is 42.9 Å². The Kier molecular flexibility index (Phi) is 9.84. The van der Waals surface area contributed by atoms with Crippen LogP contribution in [0.3, 0.4) is 0 Å². The number of halogens is 1. The molecule has 2 heterocycles. The van der Waals surface area contributed by atoms with Crippen molar-refractivity contribution >= 4 is 41.4 Å². The molecule has 1 aromatic heterocycles. The minimum atomic E-state index is 0. The molecule has 0 bridgehead atoms. The molecule has 1 aliphatic rings. The van der Waals surface area contributed by atoms with Crippen molar-refractivity contribution in [3.8, 4) is 0 Å². The summed E-state index contributed by atoms with van der Waals surface area (Å²) in [6, 6.07) is 12.6. The number of piperazine rings is 1. The minimum absolute atomic E-state index is 0. The van der Waals surface area contributed by atoms with E-state index in [1.807, 2.05) is 6.20 Å². The van der Waals surface area contributed by atoms with E-state index < -0.39 is 0 Å². The van der Waals surface area contributed by atoms with Gasteiger partial charge in [-0.05, 0) is 48.2 Å². The molecule has 0 aliphatic carbocycles. The summed E-state index contributed by atoms with van der Waals surface area (Å²) >= 11 is 0. The highest BCUT2D eigenvalue weighted by molar-refractivity contribution is 14.0. The maximum absolute atomic E-state index is 6.06. The lowest BCUT2D eigenvalue weighted by molar-refractivity contribution is 0.270. The molecule has 1 aromatic carbocycles. The molecule has 1 aliphatic heterocycles. The minimum Gasteiger partial charge on any atom is -0.370 e. The van der Waals surface area contributed by atoms with Gasteiger partial charge in [0.15, 0.2) is 5.96 Å². The van der Waals surface area contributed by atoms with Crippen molar-refractivity contribution in [2.45, 2.75) is 39.7 Å². The van der Waals surface area contributed by atoms with Crippen LogP contribution < -0.4 is 16.0 Å². The van der Waals surface area contributed by atoms with E-state index in [-0.39, 0.29) is 24.0 Å². The van der Waals surface area contributed by atoms with Gasteiger partial charge in [-0.3, -0.25) is 0 Å². The number of rotatable bonds is 7. The van der Waals surface area contributed by atoms with E-state index >= 15 is 0 Å². The molecular weight excluding hydrogens is 487 g/mol. The molecule has 0 amide bonds. The summed E-state index contributed by atoms with van der Waals surface area (Å²) in [4.78, 5) is 13.9.